The number of aliphatic carboxylic acids is 2. The molecule has 490 valence electrons. The van der Waals surface area contributed by atoms with E-state index in [-0.39, 0.29) is 75.5 Å². The first-order chi connectivity index (χ1) is 42.5. The number of nitrogens with two attached hydrogens (primary N) is 3. The van der Waals surface area contributed by atoms with Crippen molar-refractivity contribution < 1.29 is 72.5 Å². The first-order valence-corrected chi connectivity index (χ1v) is 29.4. The molecule has 19 N–H and O–H groups in total. The molecule has 1 aliphatic heterocycles. The summed E-state index contributed by atoms with van der Waals surface area (Å²) < 4.78 is 0. The van der Waals surface area contributed by atoms with Crippen molar-refractivity contribution in [2.24, 2.45) is 39.9 Å². The van der Waals surface area contributed by atoms with Gasteiger partial charge in [-0.2, -0.15) is 0 Å². The molecule has 2 aromatic carbocycles. The van der Waals surface area contributed by atoms with Crippen LogP contribution in [0.15, 0.2) is 78.2 Å². The van der Waals surface area contributed by atoms with Crippen molar-refractivity contribution >= 4 is 82.9 Å². The van der Waals surface area contributed by atoms with Crippen LogP contribution in [-0.4, -0.2) is 170 Å². The summed E-state index contributed by atoms with van der Waals surface area (Å²) >= 11 is 0. The van der Waals surface area contributed by atoms with Gasteiger partial charge < -0.3 is 85.6 Å². The molecule has 0 radical (unpaired) electrons. The molecule has 10 atom stereocenters. The van der Waals surface area contributed by atoms with Gasteiger partial charge in [0.05, 0.1) is 19.2 Å². The number of guanidine groups is 1. The van der Waals surface area contributed by atoms with Gasteiger partial charge in [0.15, 0.2) is 5.96 Å². The minimum Gasteiger partial charge on any atom is -0.481 e. The van der Waals surface area contributed by atoms with Crippen LogP contribution in [-0.2, 0) is 81.6 Å². The van der Waals surface area contributed by atoms with Crippen LogP contribution in [0.2, 0.25) is 0 Å². The third kappa shape index (κ3) is 24.7. The number of amides is 11. The lowest BCUT2D eigenvalue weighted by Crippen LogP contribution is -2.62. The summed E-state index contributed by atoms with van der Waals surface area (Å²) in [6.07, 6.45) is 0.439. The molecular formula is C59H84N16O15. The number of nitrogens with one attached hydrogen (secondary N) is 11. The molecule has 31 heteroatoms. The van der Waals surface area contributed by atoms with Gasteiger partial charge in [0.25, 0.3) is 0 Å². The van der Waals surface area contributed by atoms with Gasteiger partial charge >= 0.3 is 11.9 Å². The number of hydrogen-bond acceptors (Lipinski definition) is 15. The van der Waals surface area contributed by atoms with E-state index in [9.17, 15) is 72.5 Å². The van der Waals surface area contributed by atoms with Crippen molar-refractivity contribution in [3.05, 3.63) is 90.0 Å². The standard InChI is InChI=1S/C59H84N16O15/c1-30(2)22-39(52(84)67-36(18-13-21-64-59(61)62)50(82)68-38(49(60)81)23-33-14-9-7-10-15-33)69-53(85)40(24-34-16-11-8-12-17-34)72-57(89)47(31(3)4)74-55(87)41(25-35-28-63-29-65-35)70-54(86)42(26-45(77)78)73-58(90)48(32(5)6)75-56(88)43(27-46(79)80)71-51(83)37-19-20-44(76)66-37/h7-12,14-17,28-32,36-43,47-48H,13,18-27H2,1-6H3,(H2,60,81)(H,63,65)(H,66,76)(H,67,84)(H,68,82)(H,69,85)(H,70,86)(H,71,83)(H,72,89)(H,73,90)(H,74,87)(H,75,88)(H,77,78)(H,79,80)(H4,61,62,64). The molecule has 1 saturated heterocycles. The van der Waals surface area contributed by atoms with Crippen molar-refractivity contribution in [3.8, 4) is 0 Å². The molecule has 0 aliphatic carbocycles. The molecule has 0 spiro atoms. The third-order valence-electron chi connectivity index (χ3n) is 14.2. The van der Waals surface area contributed by atoms with Crippen LogP contribution >= 0.6 is 0 Å². The van der Waals surface area contributed by atoms with Crippen LogP contribution in [0, 0.1) is 17.8 Å². The smallest absolute Gasteiger partial charge is 0.305 e. The number of imidazole rings is 1. The quantitative estimate of drug-likeness (QED) is 0.0155. The van der Waals surface area contributed by atoms with Gasteiger partial charge in [-0.3, -0.25) is 67.3 Å². The molecular weight excluding hydrogens is 1170 g/mol. The highest BCUT2D eigenvalue weighted by molar-refractivity contribution is 6.00. The normalized spacial score (nSPS) is 15.7. The molecule has 10 unspecified atom stereocenters. The fourth-order valence-electron chi connectivity index (χ4n) is 9.47. The van der Waals surface area contributed by atoms with Crippen LogP contribution in [0.25, 0.3) is 0 Å². The maximum Gasteiger partial charge on any atom is 0.305 e. The highest BCUT2D eigenvalue weighted by atomic mass is 16.4. The maximum absolute atomic E-state index is 14.6. The number of primary amides is 1. The second-order valence-corrected chi connectivity index (χ2v) is 22.9. The van der Waals surface area contributed by atoms with Crippen molar-refractivity contribution in [1.82, 2.24) is 63.1 Å². The summed E-state index contributed by atoms with van der Waals surface area (Å²) in [5.74, 6) is -14.9. The summed E-state index contributed by atoms with van der Waals surface area (Å²) in [6, 6.07) is 2.67. The predicted octanol–water partition coefficient (Wildman–Crippen LogP) is -3.07. The number of aliphatic imine (C=N–C) groups is 1. The van der Waals surface area contributed by atoms with Gasteiger partial charge in [-0.15, -0.1) is 0 Å². The van der Waals surface area contributed by atoms with Crippen molar-refractivity contribution in [1.29, 1.82) is 0 Å². The largest absolute Gasteiger partial charge is 0.481 e. The Labute approximate surface area is 519 Å². The van der Waals surface area contributed by atoms with E-state index in [1.807, 2.05) is 0 Å². The Morgan fingerprint density at radius 2 is 0.989 bits per heavy atom. The Morgan fingerprint density at radius 1 is 0.556 bits per heavy atom. The lowest BCUT2D eigenvalue weighted by molar-refractivity contribution is -0.142. The van der Waals surface area contributed by atoms with Gasteiger partial charge in [0, 0.05) is 44.1 Å². The molecule has 1 fully saturated rings. The number of aromatic nitrogens is 2. The van der Waals surface area contributed by atoms with Gasteiger partial charge in [-0.1, -0.05) is 102 Å². The van der Waals surface area contributed by atoms with E-state index < -0.39 is 162 Å². The van der Waals surface area contributed by atoms with Gasteiger partial charge in [0.1, 0.15) is 60.4 Å². The number of carboxylic acid groups (broad SMARTS) is 2. The fourth-order valence-corrected chi connectivity index (χ4v) is 9.47. The van der Waals surface area contributed by atoms with Gasteiger partial charge in [0.2, 0.25) is 65.0 Å². The molecule has 3 aromatic rings. The lowest BCUT2D eigenvalue weighted by atomic mass is 9.98. The van der Waals surface area contributed by atoms with Crippen molar-refractivity contribution in [2.45, 2.75) is 166 Å². The number of benzene rings is 2. The number of nitrogens with zero attached hydrogens (tertiary/aromatic N) is 2. The highest BCUT2D eigenvalue weighted by Gasteiger charge is 2.39. The maximum atomic E-state index is 14.6. The fraction of sp³-hybridized carbons (Fsp3) is 0.508. The minimum absolute atomic E-state index is 0.0167. The second kappa shape index (κ2) is 35.7. The molecule has 0 bridgehead atoms. The summed E-state index contributed by atoms with van der Waals surface area (Å²) in [6.45, 7) is 9.75. The SMILES string of the molecule is CC(C)CC(NC(=O)C(Cc1ccccc1)NC(=O)C(NC(=O)C(Cc1cnc[nH]1)NC(=O)C(CC(=O)O)NC(=O)C(NC(=O)C(CC(=O)O)NC(=O)C1CCC(=O)N1)C(C)C)C(C)C)C(=O)NC(CCCN=C(N)N)C(=O)NC(Cc1ccccc1)C(N)=O. The zero-order valence-corrected chi connectivity index (χ0v) is 51.0. The number of hydrogen-bond donors (Lipinski definition) is 16. The Kier molecular flexibility index (Phi) is 28.8. The average Bonchev–Trinajstić information content (AvgIpc) is 2.08. The van der Waals surface area contributed by atoms with Gasteiger partial charge in [-0.05, 0) is 54.6 Å². The zero-order chi connectivity index (χ0) is 66.8. The van der Waals surface area contributed by atoms with E-state index in [0.717, 1.165) is 0 Å². The van der Waals surface area contributed by atoms with Crippen LogP contribution in [0.3, 0.4) is 0 Å². The first kappa shape index (κ1) is 72.5. The highest BCUT2D eigenvalue weighted by Crippen LogP contribution is 2.15. The number of carbonyl (C=O) groups excluding carboxylic acids is 11. The number of H-pyrrole nitrogens is 1. The van der Waals surface area contributed by atoms with E-state index in [1.165, 1.54) is 26.4 Å². The molecule has 31 nitrogen and oxygen atoms in total. The monoisotopic (exact) mass is 1260 g/mol. The summed E-state index contributed by atoms with van der Waals surface area (Å²) in [5.41, 5.74) is 18.3. The van der Waals surface area contributed by atoms with Crippen molar-refractivity contribution in [2.75, 3.05) is 6.54 Å². The Hall–Kier alpha value is -9.97. The molecule has 11 amide bonds. The average molecular weight is 1260 g/mol. The predicted molar refractivity (Wildman–Crippen MR) is 324 cm³/mol. The second-order valence-electron chi connectivity index (χ2n) is 22.9. The molecule has 0 saturated carbocycles. The first-order valence-electron chi connectivity index (χ1n) is 29.4. The number of rotatable bonds is 37. The van der Waals surface area contributed by atoms with Crippen LogP contribution in [0.1, 0.15) is 103 Å². The van der Waals surface area contributed by atoms with Crippen LogP contribution in [0.5, 0.6) is 0 Å². The Balaban J connectivity index is 1.58. The van der Waals surface area contributed by atoms with Crippen molar-refractivity contribution in [3.63, 3.8) is 0 Å². The number of carbonyl (C=O) groups is 13. The van der Waals surface area contributed by atoms with E-state index in [0.29, 0.717) is 11.1 Å². The van der Waals surface area contributed by atoms with E-state index in [1.54, 1.807) is 88.4 Å². The minimum atomic E-state index is -1.94. The molecule has 1 aliphatic rings. The molecule has 2 heterocycles. The van der Waals surface area contributed by atoms with E-state index in [4.69, 9.17) is 17.2 Å². The molecule has 4 rings (SSSR count). The van der Waals surface area contributed by atoms with E-state index >= 15 is 0 Å². The van der Waals surface area contributed by atoms with Crippen LogP contribution in [0.4, 0.5) is 0 Å². The summed E-state index contributed by atoms with van der Waals surface area (Å²) in [5, 5.41) is 44.7. The zero-order valence-electron chi connectivity index (χ0n) is 51.0. The summed E-state index contributed by atoms with van der Waals surface area (Å²) in [7, 11) is 0. The third-order valence-corrected chi connectivity index (χ3v) is 14.2. The van der Waals surface area contributed by atoms with Crippen LogP contribution < -0.4 is 70.4 Å². The van der Waals surface area contributed by atoms with Gasteiger partial charge in [-0.25, -0.2) is 4.98 Å². The number of aromatic amines is 1. The Morgan fingerprint density at radius 3 is 1.47 bits per heavy atom. The number of carboxylic acids is 2. The lowest BCUT2D eigenvalue weighted by Gasteiger charge is -2.29. The molecule has 1 aromatic heterocycles. The topological polar surface area (TPSA) is 502 Å². The summed E-state index contributed by atoms with van der Waals surface area (Å²) in [4.78, 5) is 186. The molecule has 90 heavy (non-hydrogen) atoms. The van der Waals surface area contributed by atoms with E-state index in [2.05, 4.69) is 68.1 Å². The Bertz CT molecular complexity index is 3010.